The monoisotopic (exact) mass is 107 g/mol. The molecule has 0 aromatic heterocycles. The quantitative estimate of drug-likeness (QED) is 0.507. The number of hydrogen-bond acceptors (Lipinski definition) is 0. The van der Waals surface area contributed by atoms with Crippen molar-refractivity contribution in [3.8, 4) is 0 Å². The topological polar surface area (TPSA) is 0 Å². The van der Waals surface area contributed by atoms with Crippen LogP contribution in [0.4, 0.5) is 8.78 Å². The van der Waals surface area contributed by atoms with Gasteiger partial charge in [-0.05, 0) is 13.3 Å². The molecule has 1 radical (unpaired) electrons. The van der Waals surface area contributed by atoms with Gasteiger partial charge in [0.25, 0.3) is 0 Å². The highest BCUT2D eigenvalue weighted by Gasteiger charge is 2.18. The van der Waals surface area contributed by atoms with Gasteiger partial charge in [0.1, 0.15) is 0 Å². The van der Waals surface area contributed by atoms with Crippen LogP contribution < -0.4 is 0 Å². The van der Waals surface area contributed by atoms with Crippen molar-refractivity contribution in [1.82, 2.24) is 0 Å². The predicted molar refractivity (Wildman–Crippen MR) is 25.2 cm³/mol. The molecule has 0 nitrogen and oxygen atoms in total. The fourth-order valence-corrected chi connectivity index (χ4v) is 0.358. The Kier molecular flexibility index (Phi) is 2.20. The lowest BCUT2D eigenvalue weighted by Crippen LogP contribution is -2.07. The number of alkyl halides is 2. The zero-order valence-corrected chi connectivity index (χ0v) is 4.54. The van der Waals surface area contributed by atoms with E-state index in [1.54, 1.807) is 6.92 Å². The van der Waals surface area contributed by atoms with E-state index in [0.29, 0.717) is 0 Å². The highest BCUT2D eigenvalue weighted by Crippen LogP contribution is 2.16. The molecule has 0 heterocycles. The molecular formula is C5H9F2. The van der Waals surface area contributed by atoms with E-state index in [9.17, 15) is 8.78 Å². The molecule has 0 amide bonds. The van der Waals surface area contributed by atoms with Crippen LogP contribution in [0.2, 0.25) is 0 Å². The first-order valence-electron chi connectivity index (χ1n) is 2.22. The molecule has 0 spiro atoms. The average Bonchev–Trinajstić information content (AvgIpc) is 1.30. The Hall–Kier alpha value is -0.140. The van der Waals surface area contributed by atoms with Gasteiger partial charge in [0.2, 0.25) is 5.92 Å². The van der Waals surface area contributed by atoms with Crippen molar-refractivity contribution >= 4 is 0 Å². The zero-order valence-electron chi connectivity index (χ0n) is 4.54. The molecule has 0 aromatic carbocycles. The van der Waals surface area contributed by atoms with Crippen molar-refractivity contribution in [3.05, 3.63) is 6.42 Å². The molecule has 0 aliphatic heterocycles. The minimum atomic E-state index is -2.51. The van der Waals surface area contributed by atoms with Crippen molar-refractivity contribution in [2.45, 2.75) is 26.2 Å². The molecule has 0 saturated heterocycles. The second-order valence-corrected chi connectivity index (χ2v) is 1.68. The lowest BCUT2D eigenvalue weighted by molar-refractivity contribution is 0.0217. The minimum Gasteiger partial charge on any atom is -0.207 e. The lowest BCUT2D eigenvalue weighted by atomic mass is 10.2. The molecule has 0 aliphatic carbocycles. The number of rotatable bonds is 2. The Bertz CT molecular complexity index is 44.5. The summed E-state index contributed by atoms with van der Waals surface area (Å²) >= 11 is 0. The molecule has 0 atom stereocenters. The summed E-state index contributed by atoms with van der Waals surface area (Å²) in [5.41, 5.74) is 0. The van der Waals surface area contributed by atoms with Gasteiger partial charge in [-0.3, -0.25) is 0 Å². The molecule has 0 unspecified atom stereocenters. The molecule has 43 valence electrons. The first-order valence-corrected chi connectivity index (χ1v) is 2.22. The van der Waals surface area contributed by atoms with Crippen LogP contribution >= 0.6 is 0 Å². The highest BCUT2D eigenvalue weighted by atomic mass is 19.3. The third-order valence-corrected chi connectivity index (χ3v) is 0.563. The molecule has 0 fully saturated rings. The van der Waals surface area contributed by atoms with Crippen molar-refractivity contribution in [1.29, 1.82) is 0 Å². The first kappa shape index (κ1) is 6.86. The molecule has 0 aliphatic rings. The van der Waals surface area contributed by atoms with Gasteiger partial charge in [-0.15, -0.1) is 0 Å². The molecule has 2 heteroatoms. The van der Waals surface area contributed by atoms with E-state index in [1.807, 2.05) is 0 Å². The fourth-order valence-electron chi connectivity index (χ4n) is 0.358. The molecule has 0 rings (SSSR count). The Morgan fingerprint density at radius 3 is 2.00 bits per heavy atom. The van der Waals surface area contributed by atoms with Crippen molar-refractivity contribution in [3.63, 3.8) is 0 Å². The van der Waals surface area contributed by atoms with Crippen LogP contribution in [0, 0.1) is 6.42 Å². The molecular weight excluding hydrogens is 98.1 g/mol. The molecule has 7 heavy (non-hydrogen) atoms. The van der Waals surface area contributed by atoms with E-state index >= 15 is 0 Å². The van der Waals surface area contributed by atoms with Gasteiger partial charge in [-0.25, -0.2) is 8.78 Å². The first-order chi connectivity index (χ1) is 3.06. The maximum absolute atomic E-state index is 11.7. The average molecular weight is 107 g/mol. The summed E-state index contributed by atoms with van der Waals surface area (Å²) in [7, 11) is 0. The lowest BCUT2D eigenvalue weighted by Gasteiger charge is -2.05. The van der Waals surface area contributed by atoms with Crippen LogP contribution in [-0.2, 0) is 0 Å². The van der Waals surface area contributed by atoms with E-state index in [0.717, 1.165) is 6.92 Å². The van der Waals surface area contributed by atoms with Crippen molar-refractivity contribution in [2.24, 2.45) is 0 Å². The predicted octanol–water partition coefficient (Wildman–Crippen LogP) is 2.26. The summed E-state index contributed by atoms with van der Waals surface area (Å²) in [5.74, 6) is -2.51. The van der Waals surface area contributed by atoms with Crippen LogP contribution in [0.15, 0.2) is 0 Å². The molecule has 0 N–H and O–H groups in total. The van der Waals surface area contributed by atoms with E-state index < -0.39 is 5.92 Å². The van der Waals surface area contributed by atoms with Gasteiger partial charge >= 0.3 is 0 Å². The number of hydrogen-bond donors (Lipinski definition) is 0. The SMILES string of the molecule is C[CH]CC(C)(F)F. The van der Waals surface area contributed by atoms with Crippen molar-refractivity contribution < 1.29 is 8.78 Å². The zero-order chi connectivity index (χ0) is 5.91. The summed E-state index contributed by atoms with van der Waals surface area (Å²) in [5, 5.41) is 0. The maximum atomic E-state index is 11.7. The molecule has 0 saturated carbocycles. The summed E-state index contributed by atoms with van der Waals surface area (Å²) in [6.45, 7) is 2.53. The van der Waals surface area contributed by atoms with Gasteiger partial charge in [0, 0.05) is 6.42 Å². The molecule has 0 aromatic rings. The second-order valence-electron chi connectivity index (χ2n) is 1.68. The highest BCUT2D eigenvalue weighted by molar-refractivity contribution is 4.66. The summed E-state index contributed by atoms with van der Waals surface area (Å²) in [6, 6.07) is 0. The number of halogens is 2. The smallest absolute Gasteiger partial charge is 0.207 e. The normalized spacial score (nSPS) is 12.0. The largest absolute Gasteiger partial charge is 0.245 e. The van der Waals surface area contributed by atoms with Gasteiger partial charge < -0.3 is 0 Å². The summed E-state index contributed by atoms with van der Waals surface area (Å²) in [4.78, 5) is 0. The van der Waals surface area contributed by atoms with E-state index in [1.165, 1.54) is 6.42 Å². The van der Waals surface area contributed by atoms with Gasteiger partial charge in [-0.2, -0.15) is 0 Å². The van der Waals surface area contributed by atoms with Crippen LogP contribution in [0.3, 0.4) is 0 Å². The van der Waals surface area contributed by atoms with Crippen LogP contribution in [0.5, 0.6) is 0 Å². The van der Waals surface area contributed by atoms with Gasteiger partial charge in [0.05, 0.1) is 0 Å². The maximum Gasteiger partial charge on any atom is 0.245 e. The van der Waals surface area contributed by atoms with E-state index in [4.69, 9.17) is 0 Å². The Balaban J connectivity index is 3.15. The molecule has 0 bridgehead atoms. The second kappa shape index (κ2) is 2.24. The van der Waals surface area contributed by atoms with Crippen molar-refractivity contribution in [2.75, 3.05) is 0 Å². The van der Waals surface area contributed by atoms with E-state index in [2.05, 4.69) is 0 Å². The summed E-state index contributed by atoms with van der Waals surface area (Å²) in [6.07, 6.45) is 1.34. The minimum absolute atomic E-state index is 0.118. The Morgan fingerprint density at radius 1 is 1.57 bits per heavy atom. The Labute approximate surface area is 42.5 Å². The van der Waals surface area contributed by atoms with Crippen LogP contribution in [-0.4, -0.2) is 5.92 Å². The van der Waals surface area contributed by atoms with E-state index in [-0.39, 0.29) is 6.42 Å². The Morgan fingerprint density at radius 2 is 2.00 bits per heavy atom. The summed E-state index contributed by atoms with van der Waals surface area (Å²) < 4.78 is 23.4. The third-order valence-electron chi connectivity index (χ3n) is 0.563. The fraction of sp³-hybridized carbons (Fsp3) is 0.800. The van der Waals surface area contributed by atoms with Crippen LogP contribution in [0.25, 0.3) is 0 Å². The van der Waals surface area contributed by atoms with Gasteiger partial charge in [0.15, 0.2) is 0 Å². The third kappa shape index (κ3) is 5.86. The van der Waals surface area contributed by atoms with Gasteiger partial charge in [-0.1, -0.05) is 6.92 Å². The standard InChI is InChI=1S/C5H9F2/c1-3-4-5(2,6)7/h3H,4H2,1-2H3. The van der Waals surface area contributed by atoms with Crippen LogP contribution in [0.1, 0.15) is 20.3 Å².